The Balaban J connectivity index is 0.741. The number of ether oxygens (including phenoxy) is 4. The van der Waals surface area contributed by atoms with Crippen LogP contribution in [0.4, 0.5) is 29.3 Å². The minimum atomic E-state index is -4.69. The maximum Gasteiger partial charge on any atom is 0.417 e. The zero-order valence-electron chi connectivity index (χ0n) is 43.3. The summed E-state index contributed by atoms with van der Waals surface area (Å²) < 4.78 is 63.2. The van der Waals surface area contributed by atoms with Gasteiger partial charge in [0.1, 0.15) is 35.0 Å². The van der Waals surface area contributed by atoms with Gasteiger partial charge in [-0.25, -0.2) is 9.78 Å². The van der Waals surface area contributed by atoms with Crippen molar-refractivity contribution in [3.63, 3.8) is 0 Å². The van der Waals surface area contributed by atoms with Gasteiger partial charge in [-0.1, -0.05) is 55.8 Å². The van der Waals surface area contributed by atoms with Crippen LogP contribution in [0.3, 0.4) is 0 Å². The monoisotopic (exact) mass is 1130 g/mol. The quantitative estimate of drug-likeness (QED) is 0.0379. The van der Waals surface area contributed by atoms with Crippen molar-refractivity contribution < 1.29 is 61.2 Å². The third-order valence-corrected chi connectivity index (χ3v) is 14.2. The average Bonchev–Trinajstić information content (AvgIpc) is 4.30. The molecule has 416 valence electrons. The molecule has 4 heterocycles. The van der Waals surface area contributed by atoms with Gasteiger partial charge in [-0.2, -0.15) is 13.2 Å². The molecule has 1 unspecified atom stereocenters. The van der Waals surface area contributed by atoms with Gasteiger partial charge in [0.25, 0.3) is 11.8 Å². The lowest BCUT2D eigenvalue weighted by atomic mass is 10.0. The number of hydrogen-bond acceptors (Lipinski definition) is 13. The number of urea groups is 1. The largest absolute Gasteiger partial charge is 0.493 e. The predicted octanol–water partition coefficient (Wildman–Crippen LogP) is 9.11. The van der Waals surface area contributed by atoms with Gasteiger partial charge in [0, 0.05) is 80.4 Å². The molecule has 0 saturated carbocycles. The van der Waals surface area contributed by atoms with Gasteiger partial charge >= 0.3 is 12.2 Å². The molecule has 2 aliphatic heterocycles. The predicted molar refractivity (Wildman–Crippen MR) is 289 cm³/mol. The molecule has 6 amide bonds. The maximum atomic E-state index is 14.3. The topological polar surface area (TPSA) is 223 Å². The van der Waals surface area contributed by atoms with Crippen LogP contribution in [0.1, 0.15) is 69.9 Å². The summed E-state index contributed by atoms with van der Waals surface area (Å²) in [5.74, 6) is -0.513. The molecule has 0 spiro atoms. The summed E-state index contributed by atoms with van der Waals surface area (Å²) in [6, 6.07) is 22.7. The minimum Gasteiger partial charge on any atom is -0.493 e. The fourth-order valence-corrected chi connectivity index (χ4v) is 10.1. The number of aliphatic hydroxyl groups is 1. The van der Waals surface area contributed by atoms with Crippen LogP contribution in [-0.4, -0.2) is 119 Å². The van der Waals surface area contributed by atoms with Crippen molar-refractivity contribution in [3.8, 4) is 27.7 Å². The van der Waals surface area contributed by atoms with E-state index in [1.807, 2.05) is 51.1 Å². The molecule has 23 heteroatoms. The van der Waals surface area contributed by atoms with E-state index in [-0.39, 0.29) is 74.9 Å². The molecule has 6 aromatic rings. The van der Waals surface area contributed by atoms with Gasteiger partial charge in [-0.05, 0) is 84.6 Å². The standard InChI is InChI=1S/C56H58ClF3N8O10S/c1-33(2)49(68-30-37-7-4-5-8-43(37)53(68)72)54(73)67-31-40(69)27-47(67)52(71)63-29-36-10-9-35(50-34(3)64-32-79-50)25-48(36)77-21-6-20-75-23-24-76-22-19-62-51(70)46-28-42(17-18-61-46)78-41-14-11-38(12-15-41)65-55(74)66-39-13-16-45(57)44(26-39)56(58,59)60/h4-5,7-18,25-26,28,32-33,40,47,49,69H,6,19-24,27,29-31H2,1-3H3,(H,62,70)(H,63,71)(H2,65,66,74)/t40-,47+,49?/m1/s1. The summed E-state index contributed by atoms with van der Waals surface area (Å²) in [5.41, 5.74) is 4.90. The lowest BCUT2D eigenvalue weighted by molar-refractivity contribution is -0.143. The molecule has 0 bridgehead atoms. The van der Waals surface area contributed by atoms with Crippen molar-refractivity contribution >= 4 is 64.0 Å². The molecule has 1 saturated heterocycles. The number of halogens is 4. The fourth-order valence-electron chi connectivity index (χ4n) is 9.06. The molecule has 2 aliphatic rings. The lowest BCUT2D eigenvalue weighted by Crippen LogP contribution is -2.55. The molecule has 0 aliphatic carbocycles. The van der Waals surface area contributed by atoms with Gasteiger partial charge in [-0.3, -0.25) is 24.2 Å². The summed E-state index contributed by atoms with van der Waals surface area (Å²) >= 11 is 7.16. The van der Waals surface area contributed by atoms with E-state index in [1.165, 1.54) is 46.7 Å². The first-order valence-electron chi connectivity index (χ1n) is 25.4. The highest BCUT2D eigenvalue weighted by Crippen LogP contribution is 2.37. The van der Waals surface area contributed by atoms with Crippen molar-refractivity contribution in [1.82, 2.24) is 30.4 Å². The van der Waals surface area contributed by atoms with Crippen LogP contribution in [0.25, 0.3) is 10.4 Å². The van der Waals surface area contributed by atoms with Gasteiger partial charge < -0.3 is 55.1 Å². The van der Waals surface area contributed by atoms with Crippen LogP contribution in [0.5, 0.6) is 17.2 Å². The lowest BCUT2D eigenvalue weighted by Gasteiger charge is -2.35. The highest BCUT2D eigenvalue weighted by molar-refractivity contribution is 7.13. The third kappa shape index (κ3) is 14.9. The fraction of sp³-hybridized carbons (Fsp3) is 0.339. The molecule has 0 radical (unpaired) electrons. The number of fused-ring (bicyclic) bond motifs is 1. The number of nitrogens with zero attached hydrogens (tertiary/aromatic N) is 4. The SMILES string of the molecule is Cc1ncsc1-c1ccc(CNC(=O)[C@@H]2C[C@@H](O)CN2C(=O)C(C(C)C)N2Cc3ccccc3C2=O)c(OCCCOCCOCCNC(=O)c2cc(Oc3ccc(NC(=O)Nc4ccc(Cl)c(C(F)(F)F)c4)cc3)ccn2)c1. The first-order chi connectivity index (χ1) is 37.9. The minimum absolute atomic E-state index is 0.0275. The molecular formula is C56H58ClF3N8O10S. The molecule has 1 fully saturated rings. The number of carbonyl (C=O) groups excluding carboxylic acids is 5. The number of anilines is 2. The summed E-state index contributed by atoms with van der Waals surface area (Å²) in [6.07, 6.45) is -3.59. The number of amides is 6. The van der Waals surface area contributed by atoms with E-state index >= 15 is 0 Å². The highest BCUT2D eigenvalue weighted by Gasteiger charge is 2.46. The number of aryl methyl sites for hydroxylation is 1. The Hall–Kier alpha value is -7.63. The van der Waals surface area contributed by atoms with Gasteiger partial charge in [0.15, 0.2) is 0 Å². The van der Waals surface area contributed by atoms with Crippen LogP contribution < -0.4 is 30.7 Å². The Bertz CT molecular complexity index is 3150. The van der Waals surface area contributed by atoms with E-state index in [1.54, 1.807) is 40.7 Å². The molecule has 3 atom stereocenters. The number of nitrogens with one attached hydrogen (secondary N) is 4. The Morgan fingerprint density at radius 1 is 0.861 bits per heavy atom. The Kier molecular flexibility index (Phi) is 19.2. The number of hydrogen-bond donors (Lipinski definition) is 5. The van der Waals surface area contributed by atoms with E-state index in [0.717, 1.165) is 33.8 Å². The molecule has 8 rings (SSSR count). The van der Waals surface area contributed by atoms with Crippen LogP contribution >= 0.6 is 22.9 Å². The van der Waals surface area contributed by atoms with Crippen LogP contribution in [0.2, 0.25) is 5.02 Å². The highest BCUT2D eigenvalue weighted by atomic mass is 35.5. The molecule has 79 heavy (non-hydrogen) atoms. The Labute approximate surface area is 462 Å². The van der Waals surface area contributed by atoms with Crippen LogP contribution in [0.15, 0.2) is 109 Å². The van der Waals surface area contributed by atoms with Crippen LogP contribution in [0, 0.1) is 12.8 Å². The second-order valence-corrected chi connectivity index (χ2v) is 20.2. The zero-order chi connectivity index (χ0) is 56.2. The van der Waals surface area contributed by atoms with Crippen molar-refractivity contribution in [3.05, 3.63) is 147 Å². The van der Waals surface area contributed by atoms with Crippen molar-refractivity contribution in [2.45, 2.75) is 71.1 Å². The number of thiazole rings is 1. The van der Waals surface area contributed by atoms with Crippen molar-refractivity contribution in [2.75, 3.05) is 56.8 Å². The number of carbonyl (C=O) groups is 5. The average molecular weight is 1130 g/mol. The maximum absolute atomic E-state index is 14.3. The molecule has 5 N–H and O–H groups in total. The molecular weight excluding hydrogens is 1070 g/mol. The number of aromatic nitrogens is 2. The number of alkyl halides is 3. The van der Waals surface area contributed by atoms with Gasteiger partial charge in [0.2, 0.25) is 11.8 Å². The first kappa shape index (κ1) is 57.5. The third-order valence-electron chi connectivity index (χ3n) is 12.9. The van der Waals surface area contributed by atoms with E-state index in [2.05, 4.69) is 31.2 Å². The van der Waals surface area contributed by atoms with Gasteiger partial charge in [0.05, 0.1) is 59.2 Å². The Morgan fingerprint density at radius 3 is 2.34 bits per heavy atom. The number of rotatable bonds is 23. The van der Waals surface area contributed by atoms with E-state index < -0.39 is 52.8 Å². The summed E-state index contributed by atoms with van der Waals surface area (Å²) in [4.78, 5) is 79.4. The number of benzene rings is 4. The normalized spacial score (nSPS) is 15.4. The molecule has 4 aromatic carbocycles. The molecule has 2 aromatic heterocycles. The van der Waals surface area contributed by atoms with Crippen LogP contribution in [-0.2, 0) is 38.3 Å². The second-order valence-electron chi connectivity index (χ2n) is 18.9. The van der Waals surface area contributed by atoms with E-state index in [0.29, 0.717) is 60.3 Å². The van der Waals surface area contributed by atoms with E-state index in [4.69, 9.17) is 30.5 Å². The second kappa shape index (κ2) is 26.3. The summed E-state index contributed by atoms with van der Waals surface area (Å²) in [6.45, 7) is 7.63. The van der Waals surface area contributed by atoms with Crippen molar-refractivity contribution in [1.29, 1.82) is 0 Å². The number of likely N-dealkylation sites (tertiary alicyclic amines) is 1. The smallest absolute Gasteiger partial charge is 0.417 e. The van der Waals surface area contributed by atoms with E-state index in [9.17, 15) is 42.3 Å². The summed E-state index contributed by atoms with van der Waals surface area (Å²) in [7, 11) is 0. The number of aliphatic hydroxyl groups excluding tert-OH is 1. The summed E-state index contributed by atoms with van der Waals surface area (Å²) in [5, 5.41) is 20.9. The van der Waals surface area contributed by atoms with Gasteiger partial charge in [-0.15, -0.1) is 11.3 Å². The zero-order valence-corrected chi connectivity index (χ0v) is 44.9. The number of β-amino-alcohol motifs (C(OH)–C–C–N with tert-alkyl or cyclic N) is 1. The molecule has 18 nitrogen and oxygen atoms in total. The van der Waals surface area contributed by atoms with Crippen molar-refractivity contribution in [2.24, 2.45) is 5.92 Å². The first-order valence-corrected chi connectivity index (χ1v) is 26.6. The number of pyridine rings is 1. The Morgan fingerprint density at radius 2 is 1.61 bits per heavy atom.